The molecule has 22 heavy (non-hydrogen) atoms. The molecule has 1 aromatic rings. The third kappa shape index (κ3) is 4.84. The number of rotatable bonds is 6. The van der Waals surface area contributed by atoms with Crippen molar-refractivity contribution in [3.05, 3.63) is 34.9 Å². The zero-order valence-electron chi connectivity index (χ0n) is 14.3. The molecule has 0 atom stereocenters. The highest BCUT2D eigenvalue weighted by molar-refractivity contribution is 5.76. The molecule has 0 aromatic heterocycles. The van der Waals surface area contributed by atoms with E-state index in [-0.39, 0.29) is 0 Å². The Hall–Kier alpha value is -1.35. The fourth-order valence-corrected chi connectivity index (χ4v) is 3.35. The third-order valence-electron chi connectivity index (χ3n) is 4.88. The van der Waals surface area contributed by atoms with Gasteiger partial charge in [-0.05, 0) is 70.2 Å². The molecule has 1 N–H and O–H groups in total. The number of benzene rings is 1. The average molecular weight is 302 g/mol. The Balaban J connectivity index is 1.76. The van der Waals surface area contributed by atoms with E-state index in [9.17, 15) is 4.79 Å². The first-order valence-corrected chi connectivity index (χ1v) is 8.58. The minimum Gasteiger partial charge on any atom is -0.343 e. The van der Waals surface area contributed by atoms with Crippen LogP contribution in [0.1, 0.15) is 42.4 Å². The van der Waals surface area contributed by atoms with E-state index in [4.69, 9.17) is 0 Å². The molecule has 1 aliphatic rings. The van der Waals surface area contributed by atoms with Crippen molar-refractivity contribution in [3.8, 4) is 0 Å². The number of piperidine rings is 1. The maximum atomic E-state index is 12.4. The summed E-state index contributed by atoms with van der Waals surface area (Å²) in [4.78, 5) is 14.5. The SMILES string of the molecule is CNCCC1CCN(C(=O)CCc2ccc(C)cc2C)CC1. The summed E-state index contributed by atoms with van der Waals surface area (Å²) < 4.78 is 0. The van der Waals surface area contributed by atoms with E-state index in [1.807, 2.05) is 7.05 Å². The number of nitrogens with zero attached hydrogens (tertiary/aromatic N) is 1. The van der Waals surface area contributed by atoms with Gasteiger partial charge in [0.1, 0.15) is 0 Å². The van der Waals surface area contributed by atoms with Crippen LogP contribution in [0, 0.1) is 19.8 Å². The number of carbonyl (C=O) groups is 1. The number of nitrogens with one attached hydrogen (secondary N) is 1. The predicted octanol–water partition coefficient (Wildman–Crippen LogP) is 3.08. The summed E-state index contributed by atoms with van der Waals surface area (Å²) in [6.07, 6.45) is 5.07. The van der Waals surface area contributed by atoms with Gasteiger partial charge in [-0.2, -0.15) is 0 Å². The molecule has 122 valence electrons. The Kier molecular flexibility index (Phi) is 6.44. The lowest BCUT2D eigenvalue weighted by Gasteiger charge is -2.32. The minimum absolute atomic E-state index is 0.326. The van der Waals surface area contributed by atoms with Crippen LogP contribution < -0.4 is 5.32 Å². The summed E-state index contributed by atoms with van der Waals surface area (Å²) in [6.45, 7) is 7.23. The molecule has 0 unspecified atom stereocenters. The van der Waals surface area contributed by atoms with Crippen LogP contribution >= 0.6 is 0 Å². The second kappa shape index (κ2) is 8.33. The summed E-state index contributed by atoms with van der Waals surface area (Å²) in [6, 6.07) is 6.51. The fourth-order valence-electron chi connectivity index (χ4n) is 3.35. The van der Waals surface area contributed by atoms with E-state index in [2.05, 4.69) is 42.3 Å². The molecule has 0 saturated carbocycles. The molecule has 1 fully saturated rings. The van der Waals surface area contributed by atoms with E-state index in [1.54, 1.807) is 0 Å². The van der Waals surface area contributed by atoms with Crippen LogP contribution in [0.2, 0.25) is 0 Å². The molecule has 0 spiro atoms. The van der Waals surface area contributed by atoms with Gasteiger partial charge in [-0.1, -0.05) is 23.8 Å². The highest BCUT2D eigenvalue weighted by atomic mass is 16.2. The largest absolute Gasteiger partial charge is 0.343 e. The number of likely N-dealkylation sites (tertiary alicyclic amines) is 1. The smallest absolute Gasteiger partial charge is 0.222 e. The molecule has 0 radical (unpaired) electrons. The molecule has 1 aromatic carbocycles. The molecule has 3 heteroatoms. The third-order valence-corrected chi connectivity index (χ3v) is 4.88. The van der Waals surface area contributed by atoms with Gasteiger partial charge >= 0.3 is 0 Å². The maximum Gasteiger partial charge on any atom is 0.222 e. The first kappa shape index (κ1) is 17.0. The van der Waals surface area contributed by atoms with Crippen molar-refractivity contribution >= 4 is 5.91 Å². The van der Waals surface area contributed by atoms with Gasteiger partial charge in [0, 0.05) is 19.5 Å². The highest BCUT2D eigenvalue weighted by Gasteiger charge is 2.22. The van der Waals surface area contributed by atoms with Crippen molar-refractivity contribution in [3.63, 3.8) is 0 Å². The number of hydrogen-bond acceptors (Lipinski definition) is 2. The van der Waals surface area contributed by atoms with Gasteiger partial charge < -0.3 is 10.2 Å². The molecule has 1 heterocycles. The lowest BCUT2D eigenvalue weighted by atomic mass is 9.93. The zero-order valence-corrected chi connectivity index (χ0v) is 14.3. The van der Waals surface area contributed by atoms with Crippen molar-refractivity contribution in [1.82, 2.24) is 10.2 Å². The Morgan fingerprint density at radius 1 is 1.27 bits per heavy atom. The second-order valence-electron chi connectivity index (χ2n) is 6.65. The summed E-state index contributed by atoms with van der Waals surface area (Å²) in [5, 5.41) is 3.22. The zero-order chi connectivity index (χ0) is 15.9. The maximum absolute atomic E-state index is 12.4. The molecular weight excluding hydrogens is 272 g/mol. The monoisotopic (exact) mass is 302 g/mol. The van der Waals surface area contributed by atoms with E-state index in [0.29, 0.717) is 12.3 Å². The quantitative estimate of drug-likeness (QED) is 0.876. The number of amides is 1. The van der Waals surface area contributed by atoms with Crippen LogP contribution in [0.3, 0.4) is 0 Å². The molecular formula is C19H30N2O. The summed E-state index contributed by atoms with van der Waals surface area (Å²) in [7, 11) is 2.01. The van der Waals surface area contributed by atoms with E-state index >= 15 is 0 Å². The minimum atomic E-state index is 0.326. The molecule has 1 aliphatic heterocycles. The predicted molar refractivity (Wildman–Crippen MR) is 92.1 cm³/mol. The normalized spacial score (nSPS) is 16.0. The van der Waals surface area contributed by atoms with Crippen molar-refractivity contribution in [2.75, 3.05) is 26.7 Å². The molecule has 2 rings (SSSR count). The number of hydrogen-bond donors (Lipinski definition) is 1. The van der Waals surface area contributed by atoms with Crippen molar-refractivity contribution < 1.29 is 4.79 Å². The van der Waals surface area contributed by atoms with Gasteiger partial charge in [0.05, 0.1) is 0 Å². The van der Waals surface area contributed by atoms with Crippen molar-refractivity contribution in [2.45, 2.75) is 46.0 Å². The van der Waals surface area contributed by atoms with Crippen LogP contribution in [-0.2, 0) is 11.2 Å². The van der Waals surface area contributed by atoms with Crippen molar-refractivity contribution in [1.29, 1.82) is 0 Å². The van der Waals surface area contributed by atoms with Crippen LogP contribution in [-0.4, -0.2) is 37.5 Å². The summed E-state index contributed by atoms with van der Waals surface area (Å²) >= 11 is 0. The Bertz CT molecular complexity index is 490. The first-order chi connectivity index (χ1) is 10.6. The topological polar surface area (TPSA) is 32.3 Å². The van der Waals surface area contributed by atoms with E-state index in [0.717, 1.165) is 44.8 Å². The van der Waals surface area contributed by atoms with Crippen LogP contribution in [0.4, 0.5) is 0 Å². The van der Waals surface area contributed by atoms with Crippen molar-refractivity contribution in [2.24, 2.45) is 5.92 Å². The molecule has 3 nitrogen and oxygen atoms in total. The van der Waals surface area contributed by atoms with Gasteiger partial charge in [0.2, 0.25) is 5.91 Å². The van der Waals surface area contributed by atoms with Crippen LogP contribution in [0.15, 0.2) is 18.2 Å². The molecule has 0 bridgehead atoms. The average Bonchev–Trinajstić information content (AvgIpc) is 2.52. The molecule has 0 aliphatic carbocycles. The first-order valence-electron chi connectivity index (χ1n) is 8.58. The van der Waals surface area contributed by atoms with E-state index < -0.39 is 0 Å². The Morgan fingerprint density at radius 2 is 2.00 bits per heavy atom. The van der Waals surface area contributed by atoms with Gasteiger partial charge in [0.15, 0.2) is 0 Å². The molecule has 1 amide bonds. The number of aryl methyl sites for hydroxylation is 3. The lowest BCUT2D eigenvalue weighted by molar-refractivity contribution is -0.132. The standard InChI is InChI=1S/C19H30N2O/c1-15-4-5-18(16(2)14-15)6-7-19(22)21-12-9-17(10-13-21)8-11-20-3/h4-5,14,17,20H,6-13H2,1-3H3. The van der Waals surface area contributed by atoms with Gasteiger partial charge in [0.25, 0.3) is 0 Å². The van der Waals surface area contributed by atoms with E-state index in [1.165, 1.54) is 23.1 Å². The Morgan fingerprint density at radius 3 is 2.64 bits per heavy atom. The number of carbonyl (C=O) groups excluding carboxylic acids is 1. The van der Waals surface area contributed by atoms with Gasteiger partial charge in [-0.25, -0.2) is 0 Å². The highest BCUT2D eigenvalue weighted by Crippen LogP contribution is 2.21. The summed E-state index contributed by atoms with van der Waals surface area (Å²) in [5.41, 5.74) is 3.90. The van der Waals surface area contributed by atoms with Crippen LogP contribution in [0.25, 0.3) is 0 Å². The second-order valence-corrected chi connectivity index (χ2v) is 6.65. The van der Waals surface area contributed by atoms with Gasteiger partial charge in [-0.3, -0.25) is 4.79 Å². The fraction of sp³-hybridized carbons (Fsp3) is 0.632. The molecule has 1 saturated heterocycles. The Labute approximate surface area is 135 Å². The lowest BCUT2D eigenvalue weighted by Crippen LogP contribution is -2.39. The van der Waals surface area contributed by atoms with Gasteiger partial charge in [-0.15, -0.1) is 0 Å². The van der Waals surface area contributed by atoms with Crippen LogP contribution in [0.5, 0.6) is 0 Å². The summed E-state index contributed by atoms with van der Waals surface area (Å²) in [5.74, 6) is 1.11.